The van der Waals surface area contributed by atoms with Crippen LogP contribution in [0, 0.1) is 17.1 Å². The zero-order valence-corrected chi connectivity index (χ0v) is 12.1. The molecular formula is C12H9BrF4N2O2. The summed E-state index contributed by atoms with van der Waals surface area (Å²) in [5.74, 6) is -2.86. The van der Waals surface area contributed by atoms with E-state index in [1.807, 2.05) is 5.32 Å². The van der Waals surface area contributed by atoms with Crippen LogP contribution < -0.4 is 5.32 Å². The number of alkyl halides is 4. The summed E-state index contributed by atoms with van der Waals surface area (Å²) in [4.78, 5) is 11.6. The van der Waals surface area contributed by atoms with E-state index in [1.54, 1.807) is 0 Å². The predicted octanol–water partition coefficient (Wildman–Crippen LogP) is 2.80. The van der Waals surface area contributed by atoms with Crippen LogP contribution in [0.1, 0.15) is 18.1 Å². The molecule has 0 saturated carbocycles. The van der Waals surface area contributed by atoms with Crippen molar-refractivity contribution in [3.8, 4) is 6.07 Å². The Labute approximate surface area is 125 Å². The van der Waals surface area contributed by atoms with Crippen molar-refractivity contribution in [3.63, 3.8) is 0 Å². The number of halogens is 5. The topological polar surface area (TPSA) is 73.1 Å². The van der Waals surface area contributed by atoms with E-state index < -0.39 is 40.3 Å². The number of carbonyl (C=O) groups is 1. The molecule has 1 atom stereocenters. The lowest BCUT2D eigenvalue weighted by Gasteiger charge is -2.20. The molecule has 1 aromatic rings. The van der Waals surface area contributed by atoms with Crippen molar-refractivity contribution in [1.29, 1.82) is 5.26 Å². The van der Waals surface area contributed by atoms with Gasteiger partial charge in [0, 0.05) is 5.33 Å². The SMILES string of the molecule is C[C@](O)(CBr)C(=O)Nc1ccc(C#N)c(C(F)(F)F)c1F. The number of anilines is 1. The smallest absolute Gasteiger partial charge is 0.379 e. The molecule has 1 aromatic carbocycles. The number of rotatable bonds is 3. The number of hydrogen-bond acceptors (Lipinski definition) is 3. The lowest BCUT2D eigenvalue weighted by atomic mass is 10.0. The summed E-state index contributed by atoms with van der Waals surface area (Å²) in [7, 11) is 0. The van der Waals surface area contributed by atoms with Gasteiger partial charge in [-0.05, 0) is 19.1 Å². The first-order valence-electron chi connectivity index (χ1n) is 5.44. The molecule has 0 aliphatic heterocycles. The maximum atomic E-state index is 13.9. The van der Waals surface area contributed by atoms with E-state index in [0.717, 1.165) is 19.1 Å². The first-order valence-corrected chi connectivity index (χ1v) is 6.56. The highest BCUT2D eigenvalue weighted by molar-refractivity contribution is 9.09. The highest BCUT2D eigenvalue weighted by Gasteiger charge is 2.39. The Bertz CT molecular complexity index is 609. The predicted molar refractivity (Wildman–Crippen MR) is 69.2 cm³/mol. The van der Waals surface area contributed by atoms with E-state index >= 15 is 0 Å². The molecule has 0 bridgehead atoms. The summed E-state index contributed by atoms with van der Waals surface area (Å²) in [5, 5.41) is 19.9. The molecule has 9 heteroatoms. The third-order valence-electron chi connectivity index (χ3n) is 2.54. The Hall–Kier alpha value is -1.66. The van der Waals surface area contributed by atoms with E-state index in [9.17, 15) is 27.5 Å². The molecule has 0 saturated heterocycles. The lowest BCUT2D eigenvalue weighted by Crippen LogP contribution is -2.41. The molecule has 0 aliphatic carbocycles. The maximum absolute atomic E-state index is 13.9. The Morgan fingerprint density at radius 1 is 1.48 bits per heavy atom. The van der Waals surface area contributed by atoms with E-state index in [0.29, 0.717) is 0 Å². The van der Waals surface area contributed by atoms with Crippen molar-refractivity contribution < 1.29 is 27.5 Å². The number of nitriles is 1. The van der Waals surface area contributed by atoms with Crippen molar-refractivity contribution in [1.82, 2.24) is 0 Å². The molecule has 4 nitrogen and oxygen atoms in total. The van der Waals surface area contributed by atoms with Gasteiger partial charge in [-0.25, -0.2) is 4.39 Å². The van der Waals surface area contributed by atoms with Gasteiger partial charge in [0.05, 0.1) is 17.3 Å². The minimum Gasteiger partial charge on any atom is -0.379 e. The summed E-state index contributed by atoms with van der Waals surface area (Å²) in [6.45, 7) is 1.10. The standard InChI is InChI=1S/C12H9BrF4N2O2/c1-11(21,5-13)10(20)19-7-3-2-6(4-18)8(9(7)14)12(15,16)17/h2-3,21H,5H2,1H3,(H,19,20)/t11-/m0/s1. The number of amides is 1. The molecule has 1 amide bonds. The fourth-order valence-electron chi connectivity index (χ4n) is 1.36. The number of nitrogens with zero attached hydrogens (tertiary/aromatic N) is 1. The normalized spacial score (nSPS) is 14.2. The largest absolute Gasteiger partial charge is 0.420 e. The van der Waals surface area contributed by atoms with Crippen molar-refractivity contribution >= 4 is 27.5 Å². The summed E-state index contributed by atoms with van der Waals surface area (Å²) in [6, 6.07) is 2.80. The molecule has 0 heterocycles. The van der Waals surface area contributed by atoms with Crippen LogP contribution in [0.2, 0.25) is 0 Å². The summed E-state index contributed by atoms with van der Waals surface area (Å²) in [5.41, 5.74) is -5.36. The number of aliphatic hydroxyl groups is 1. The summed E-state index contributed by atoms with van der Waals surface area (Å²) >= 11 is 2.84. The minimum absolute atomic E-state index is 0.199. The van der Waals surface area contributed by atoms with E-state index in [-0.39, 0.29) is 5.33 Å². The van der Waals surface area contributed by atoms with Gasteiger partial charge in [-0.2, -0.15) is 18.4 Å². The number of nitrogens with one attached hydrogen (secondary N) is 1. The van der Waals surface area contributed by atoms with Crippen molar-refractivity contribution in [2.24, 2.45) is 0 Å². The fraction of sp³-hybridized carbons (Fsp3) is 0.333. The Balaban J connectivity index is 3.30. The number of carbonyl (C=O) groups excluding carboxylic acids is 1. The Kier molecular flexibility index (Phi) is 4.96. The Morgan fingerprint density at radius 2 is 2.05 bits per heavy atom. The number of benzene rings is 1. The van der Waals surface area contributed by atoms with Gasteiger partial charge >= 0.3 is 6.18 Å². The Morgan fingerprint density at radius 3 is 2.48 bits per heavy atom. The van der Waals surface area contributed by atoms with Crippen LogP contribution in [0.4, 0.5) is 23.2 Å². The average molecular weight is 369 g/mol. The zero-order chi connectivity index (χ0) is 16.4. The van der Waals surface area contributed by atoms with Crippen LogP contribution in [0.25, 0.3) is 0 Å². The van der Waals surface area contributed by atoms with Gasteiger partial charge in [-0.1, -0.05) is 15.9 Å². The first kappa shape index (κ1) is 17.4. The van der Waals surface area contributed by atoms with Gasteiger partial charge in [-0.15, -0.1) is 0 Å². The maximum Gasteiger partial charge on any atom is 0.420 e. The molecule has 0 unspecified atom stereocenters. The molecule has 0 radical (unpaired) electrons. The summed E-state index contributed by atoms with van der Waals surface area (Å²) in [6.07, 6.45) is -5.09. The zero-order valence-electron chi connectivity index (χ0n) is 10.6. The highest BCUT2D eigenvalue weighted by Crippen LogP contribution is 2.36. The molecule has 2 N–H and O–H groups in total. The van der Waals surface area contributed by atoms with Gasteiger partial charge in [0.25, 0.3) is 5.91 Å². The molecule has 1 rings (SSSR count). The quantitative estimate of drug-likeness (QED) is 0.636. The van der Waals surface area contributed by atoms with Crippen LogP contribution in [0.3, 0.4) is 0 Å². The third kappa shape index (κ3) is 3.71. The molecule has 21 heavy (non-hydrogen) atoms. The van der Waals surface area contributed by atoms with Crippen molar-refractivity contribution in [2.75, 3.05) is 10.6 Å². The van der Waals surface area contributed by atoms with Crippen LogP contribution in [-0.4, -0.2) is 21.9 Å². The second-order valence-corrected chi connectivity index (χ2v) is 4.88. The third-order valence-corrected chi connectivity index (χ3v) is 3.64. The van der Waals surface area contributed by atoms with Gasteiger partial charge in [0.15, 0.2) is 5.82 Å². The summed E-state index contributed by atoms with van der Waals surface area (Å²) < 4.78 is 52.1. The molecule has 114 valence electrons. The number of hydrogen-bond donors (Lipinski definition) is 2. The van der Waals surface area contributed by atoms with E-state index in [1.165, 1.54) is 6.07 Å². The average Bonchev–Trinajstić information content (AvgIpc) is 2.38. The van der Waals surface area contributed by atoms with Crippen LogP contribution >= 0.6 is 15.9 Å². The first-order chi connectivity index (χ1) is 9.54. The van der Waals surface area contributed by atoms with Gasteiger partial charge < -0.3 is 10.4 Å². The monoisotopic (exact) mass is 368 g/mol. The van der Waals surface area contributed by atoms with Crippen LogP contribution in [-0.2, 0) is 11.0 Å². The second-order valence-electron chi connectivity index (χ2n) is 4.32. The molecule has 0 spiro atoms. The molecular weight excluding hydrogens is 360 g/mol. The van der Waals surface area contributed by atoms with Gasteiger partial charge in [0.1, 0.15) is 11.2 Å². The van der Waals surface area contributed by atoms with E-state index in [2.05, 4.69) is 15.9 Å². The van der Waals surface area contributed by atoms with Gasteiger partial charge in [0.2, 0.25) is 0 Å². The van der Waals surface area contributed by atoms with Gasteiger partial charge in [-0.3, -0.25) is 4.79 Å². The lowest BCUT2D eigenvalue weighted by molar-refractivity contribution is -0.140. The fourth-order valence-corrected chi connectivity index (χ4v) is 1.62. The van der Waals surface area contributed by atoms with Crippen molar-refractivity contribution in [3.05, 3.63) is 29.1 Å². The second kappa shape index (κ2) is 5.99. The van der Waals surface area contributed by atoms with E-state index in [4.69, 9.17) is 5.26 Å². The molecule has 0 fully saturated rings. The van der Waals surface area contributed by atoms with Crippen LogP contribution in [0.15, 0.2) is 12.1 Å². The van der Waals surface area contributed by atoms with Crippen molar-refractivity contribution in [2.45, 2.75) is 18.7 Å². The molecule has 0 aliphatic rings. The highest BCUT2D eigenvalue weighted by atomic mass is 79.9. The minimum atomic E-state index is -5.09. The molecule has 0 aromatic heterocycles. The van der Waals surface area contributed by atoms with Crippen LogP contribution in [0.5, 0.6) is 0 Å².